The van der Waals surface area contributed by atoms with Gasteiger partial charge in [-0.25, -0.2) is 0 Å². The Bertz CT molecular complexity index is 180. The van der Waals surface area contributed by atoms with E-state index in [0.717, 1.165) is 13.0 Å². The first-order valence-corrected chi connectivity index (χ1v) is 5.52. The zero-order valence-corrected chi connectivity index (χ0v) is 9.38. The molecule has 3 nitrogen and oxygen atoms in total. The first-order valence-electron chi connectivity index (χ1n) is 5.52. The molecule has 82 valence electrons. The van der Waals surface area contributed by atoms with E-state index >= 15 is 0 Å². The second-order valence-electron chi connectivity index (χ2n) is 4.44. The van der Waals surface area contributed by atoms with E-state index in [1.807, 2.05) is 6.92 Å². The molecule has 0 radical (unpaired) electrons. The Morgan fingerprint density at radius 3 is 2.71 bits per heavy atom. The highest BCUT2D eigenvalue weighted by molar-refractivity contribution is 5.70. The van der Waals surface area contributed by atoms with E-state index in [1.165, 1.54) is 6.42 Å². The lowest BCUT2D eigenvalue weighted by molar-refractivity contribution is -0.150. The third kappa shape index (κ3) is 3.66. The number of nitrogens with one attached hydrogen (secondary N) is 1. The van der Waals surface area contributed by atoms with Crippen LogP contribution < -0.4 is 5.32 Å². The number of esters is 1. The van der Waals surface area contributed by atoms with E-state index in [4.69, 9.17) is 4.74 Å². The summed E-state index contributed by atoms with van der Waals surface area (Å²) in [6.45, 7) is 7.11. The Morgan fingerprint density at radius 1 is 1.50 bits per heavy atom. The zero-order valence-electron chi connectivity index (χ0n) is 9.38. The Labute approximate surface area is 86.2 Å². The highest BCUT2D eigenvalue weighted by Gasteiger charge is 2.20. The van der Waals surface area contributed by atoms with Crippen molar-refractivity contribution in [2.45, 2.75) is 52.2 Å². The maximum atomic E-state index is 11.5. The minimum Gasteiger partial charge on any atom is -0.462 e. The Balaban J connectivity index is 2.21. The summed E-state index contributed by atoms with van der Waals surface area (Å²) in [5.41, 5.74) is 0. The van der Waals surface area contributed by atoms with E-state index in [0.29, 0.717) is 18.4 Å². The van der Waals surface area contributed by atoms with Crippen molar-refractivity contribution in [3.8, 4) is 0 Å². The van der Waals surface area contributed by atoms with Crippen LogP contribution in [0.1, 0.15) is 40.0 Å². The van der Waals surface area contributed by atoms with Crippen LogP contribution in [0.15, 0.2) is 0 Å². The molecule has 0 aromatic rings. The summed E-state index contributed by atoms with van der Waals surface area (Å²) in [6.07, 6.45) is 2.84. The van der Waals surface area contributed by atoms with Gasteiger partial charge >= 0.3 is 5.97 Å². The van der Waals surface area contributed by atoms with E-state index in [1.54, 1.807) is 0 Å². The van der Waals surface area contributed by atoms with Crippen LogP contribution in [0.3, 0.4) is 0 Å². The van der Waals surface area contributed by atoms with Crippen LogP contribution in [-0.2, 0) is 9.53 Å². The van der Waals surface area contributed by atoms with Gasteiger partial charge in [-0.1, -0.05) is 13.8 Å². The maximum Gasteiger partial charge on any atom is 0.307 e. The molecule has 3 heteroatoms. The molecule has 1 rings (SSSR count). The fourth-order valence-electron chi connectivity index (χ4n) is 1.52. The number of hydrogen-bond acceptors (Lipinski definition) is 3. The van der Waals surface area contributed by atoms with Crippen molar-refractivity contribution >= 4 is 5.97 Å². The van der Waals surface area contributed by atoms with Crippen LogP contribution in [0.25, 0.3) is 0 Å². The van der Waals surface area contributed by atoms with Gasteiger partial charge in [0.25, 0.3) is 0 Å². The molecule has 2 atom stereocenters. The van der Waals surface area contributed by atoms with Gasteiger partial charge in [-0.15, -0.1) is 0 Å². The summed E-state index contributed by atoms with van der Waals surface area (Å²) in [5, 5.41) is 3.29. The van der Waals surface area contributed by atoms with Crippen LogP contribution >= 0.6 is 0 Å². The number of hydrogen-bond donors (Lipinski definition) is 1. The fraction of sp³-hybridized carbons (Fsp3) is 0.909. The molecule has 1 fully saturated rings. The summed E-state index contributed by atoms with van der Waals surface area (Å²) in [4.78, 5) is 11.5. The predicted octanol–water partition coefficient (Wildman–Crippen LogP) is 1.72. The first-order chi connectivity index (χ1) is 6.59. The molecule has 0 aromatic carbocycles. The van der Waals surface area contributed by atoms with Gasteiger partial charge < -0.3 is 10.1 Å². The standard InChI is InChI=1S/C11H21NO2/c1-8(2)9(3)14-11(13)7-10-5-4-6-12-10/h8-10,12H,4-7H2,1-3H3. The highest BCUT2D eigenvalue weighted by atomic mass is 16.5. The van der Waals surface area contributed by atoms with Crippen molar-refractivity contribution in [1.29, 1.82) is 0 Å². The molecule has 1 heterocycles. The minimum atomic E-state index is -0.0643. The van der Waals surface area contributed by atoms with E-state index in [2.05, 4.69) is 19.2 Å². The smallest absolute Gasteiger partial charge is 0.307 e. The molecule has 0 amide bonds. The van der Waals surface area contributed by atoms with Crippen LogP contribution in [0.5, 0.6) is 0 Å². The molecule has 1 saturated heterocycles. The lowest BCUT2D eigenvalue weighted by Gasteiger charge is -2.18. The van der Waals surface area contributed by atoms with Gasteiger partial charge in [0.2, 0.25) is 0 Å². The summed E-state index contributed by atoms with van der Waals surface area (Å²) < 4.78 is 5.29. The quantitative estimate of drug-likeness (QED) is 0.701. The van der Waals surface area contributed by atoms with Crippen LogP contribution in [-0.4, -0.2) is 24.7 Å². The molecular formula is C11H21NO2. The van der Waals surface area contributed by atoms with Gasteiger partial charge in [-0.3, -0.25) is 4.79 Å². The summed E-state index contributed by atoms with van der Waals surface area (Å²) in [6, 6.07) is 0.349. The normalized spacial score (nSPS) is 23.9. The molecule has 0 aromatic heterocycles. The van der Waals surface area contributed by atoms with Crippen molar-refractivity contribution in [3.05, 3.63) is 0 Å². The molecule has 1 N–H and O–H groups in total. The van der Waals surface area contributed by atoms with Crippen LogP contribution in [0.2, 0.25) is 0 Å². The van der Waals surface area contributed by atoms with Gasteiger partial charge in [0.05, 0.1) is 6.42 Å². The monoisotopic (exact) mass is 199 g/mol. The van der Waals surface area contributed by atoms with Crippen molar-refractivity contribution in [1.82, 2.24) is 5.32 Å². The molecule has 0 saturated carbocycles. The molecule has 0 bridgehead atoms. The SMILES string of the molecule is CC(C)C(C)OC(=O)CC1CCCN1. The van der Waals surface area contributed by atoms with Crippen molar-refractivity contribution in [2.24, 2.45) is 5.92 Å². The van der Waals surface area contributed by atoms with Crippen molar-refractivity contribution in [2.75, 3.05) is 6.54 Å². The molecule has 1 aliphatic heterocycles. The largest absolute Gasteiger partial charge is 0.462 e. The minimum absolute atomic E-state index is 0.0314. The van der Waals surface area contributed by atoms with Gasteiger partial charge in [-0.05, 0) is 32.2 Å². The third-order valence-electron chi connectivity index (χ3n) is 2.83. The average molecular weight is 199 g/mol. The maximum absolute atomic E-state index is 11.5. The second kappa shape index (κ2) is 5.35. The average Bonchev–Trinajstić information content (AvgIpc) is 2.56. The summed E-state index contributed by atoms with van der Waals surface area (Å²) in [5.74, 6) is 0.334. The Kier molecular flexibility index (Phi) is 4.39. The molecule has 1 aliphatic rings. The van der Waals surface area contributed by atoms with E-state index in [-0.39, 0.29) is 12.1 Å². The zero-order chi connectivity index (χ0) is 10.6. The molecular weight excluding hydrogens is 178 g/mol. The number of rotatable bonds is 4. The Morgan fingerprint density at radius 2 is 2.21 bits per heavy atom. The predicted molar refractivity (Wildman–Crippen MR) is 56.0 cm³/mol. The van der Waals surface area contributed by atoms with Gasteiger partial charge in [0.15, 0.2) is 0 Å². The third-order valence-corrected chi connectivity index (χ3v) is 2.83. The molecule has 0 aliphatic carbocycles. The Hall–Kier alpha value is -0.570. The van der Waals surface area contributed by atoms with E-state index < -0.39 is 0 Å². The number of ether oxygens (including phenoxy) is 1. The summed E-state index contributed by atoms with van der Waals surface area (Å²) >= 11 is 0. The number of carbonyl (C=O) groups is 1. The first kappa shape index (κ1) is 11.5. The highest BCUT2D eigenvalue weighted by Crippen LogP contribution is 2.12. The van der Waals surface area contributed by atoms with Gasteiger partial charge in [-0.2, -0.15) is 0 Å². The van der Waals surface area contributed by atoms with Crippen LogP contribution in [0, 0.1) is 5.92 Å². The van der Waals surface area contributed by atoms with Gasteiger partial charge in [0.1, 0.15) is 6.10 Å². The van der Waals surface area contributed by atoms with Gasteiger partial charge in [0, 0.05) is 6.04 Å². The molecule has 14 heavy (non-hydrogen) atoms. The van der Waals surface area contributed by atoms with E-state index in [9.17, 15) is 4.79 Å². The lowest BCUT2D eigenvalue weighted by Crippen LogP contribution is -2.28. The topological polar surface area (TPSA) is 38.3 Å². The molecule has 2 unspecified atom stereocenters. The fourth-order valence-corrected chi connectivity index (χ4v) is 1.52. The van der Waals surface area contributed by atoms with Crippen molar-refractivity contribution < 1.29 is 9.53 Å². The summed E-state index contributed by atoms with van der Waals surface area (Å²) in [7, 11) is 0. The lowest BCUT2D eigenvalue weighted by atomic mass is 10.1. The second-order valence-corrected chi connectivity index (χ2v) is 4.44. The number of carbonyl (C=O) groups excluding carboxylic acids is 1. The molecule has 0 spiro atoms. The van der Waals surface area contributed by atoms with Crippen molar-refractivity contribution in [3.63, 3.8) is 0 Å². The van der Waals surface area contributed by atoms with Crippen LogP contribution in [0.4, 0.5) is 0 Å².